The highest BCUT2D eigenvalue weighted by molar-refractivity contribution is 7.00. The molecule has 0 spiro atoms. The summed E-state index contributed by atoms with van der Waals surface area (Å²) in [5.41, 5.74) is 23.1. The summed E-state index contributed by atoms with van der Waals surface area (Å²) in [6.07, 6.45) is 0. The molecule has 0 atom stereocenters. The molecule has 9 aromatic carbocycles. The molecule has 0 fully saturated rings. The zero-order chi connectivity index (χ0) is 46.2. The van der Waals surface area contributed by atoms with E-state index in [0.717, 1.165) is 77.5 Å². The first-order valence-electron chi connectivity index (χ1n) is 23.9. The van der Waals surface area contributed by atoms with Gasteiger partial charge in [-0.25, -0.2) is 0 Å². The number of hydrogen-bond acceptors (Lipinski definition) is 4. The van der Waals surface area contributed by atoms with E-state index in [-0.39, 0.29) is 17.5 Å². The van der Waals surface area contributed by atoms with E-state index >= 15 is 0 Å². The Balaban J connectivity index is 0.976. The van der Waals surface area contributed by atoms with Gasteiger partial charge in [-0.15, -0.1) is 0 Å². The minimum Gasteiger partial charge on any atom is -0.456 e. The highest BCUT2D eigenvalue weighted by Gasteiger charge is 2.44. The molecule has 2 aliphatic rings. The quantitative estimate of drug-likeness (QED) is 0.165. The van der Waals surface area contributed by atoms with Crippen LogP contribution in [0.4, 0.5) is 34.1 Å². The van der Waals surface area contributed by atoms with Crippen molar-refractivity contribution < 1.29 is 8.83 Å². The van der Waals surface area contributed by atoms with Crippen molar-refractivity contribution in [2.24, 2.45) is 0 Å². The van der Waals surface area contributed by atoms with Crippen molar-refractivity contribution in [1.82, 2.24) is 0 Å². The molecule has 4 nitrogen and oxygen atoms in total. The lowest BCUT2D eigenvalue weighted by Gasteiger charge is -2.45. The van der Waals surface area contributed by atoms with Crippen LogP contribution in [0.25, 0.3) is 66.1 Å². The smallest absolute Gasteiger partial charge is 0.252 e. The molecule has 11 aromatic rings. The van der Waals surface area contributed by atoms with Crippen molar-refractivity contribution in [3.05, 3.63) is 199 Å². The fourth-order valence-electron chi connectivity index (χ4n) is 11.0. The topological polar surface area (TPSA) is 32.8 Å². The third-order valence-electron chi connectivity index (χ3n) is 14.6. The third kappa shape index (κ3) is 6.29. The molecular formula is C63H51BN2O2. The average Bonchev–Trinajstić information content (AvgIpc) is 3.91. The van der Waals surface area contributed by atoms with E-state index in [2.05, 4.69) is 216 Å². The molecule has 5 heteroatoms. The van der Waals surface area contributed by atoms with Gasteiger partial charge in [0.15, 0.2) is 0 Å². The first kappa shape index (κ1) is 40.5. The first-order valence-corrected chi connectivity index (χ1v) is 23.9. The third-order valence-corrected chi connectivity index (χ3v) is 14.6. The van der Waals surface area contributed by atoms with Gasteiger partial charge in [0.05, 0.1) is 0 Å². The maximum atomic E-state index is 6.32. The number of hydrogen-bond donors (Lipinski definition) is 0. The van der Waals surface area contributed by atoms with Gasteiger partial charge in [0.1, 0.15) is 22.3 Å². The summed E-state index contributed by atoms with van der Waals surface area (Å²) in [7, 11) is 0. The molecule has 0 radical (unpaired) electrons. The van der Waals surface area contributed by atoms with Crippen LogP contribution in [0.3, 0.4) is 0 Å². The summed E-state index contributed by atoms with van der Waals surface area (Å²) < 4.78 is 12.6. The molecule has 13 rings (SSSR count). The first-order chi connectivity index (χ1) is 32.9. The molecule has 0 saturated heterocycles. The monoisotopic (exact) mass is 878 g/mol. The minimum atomic E-state index is -0.0354. The Morgan fingerprint density at radius 3 is 1.19 bits per heavy atom. The molecule has 0 bridgehead atoms. The molecule has 0 aliphatic carbocycles. The van der Waals surface area contributed by atoms with Crippen LogP contribution in [0.15, 0.2) is 191 Å². The van der Waals surface area contributed by atoms with Crippen LogP contribution in [-0.2, 0) is 10.8 Å². The summed E-state index contributed by atoms with van der Waals surface area (Å²) in [4.78, 5) is 5.04. The fraction of sp³-hybridized carbons (Fsp3) is 0.143. The Bertz CT molecular complexity index is 3590. The average molecular weight is 879 g/mol. The summed E-state index contributed by atoms with van der Waals surface area (Å²) in [6.45, 7) is 16.2. The number of anilines is 6. The van der Waals surface area contributed by atoms with Crippen LogP contribution >= 0.6 is 0 Å². The van der Waals surface area contributed by atoms with Crippen LogP contribution in [0.1, 0.15) is 58.2 Å². The molecule has 0 N–H and O–H groups in total. The highest BCUT2D eigenvalue weighted by Crippen LogP contribution is 2.46. The van der Waals surface area contributed by atoms with Crippen LogP contribution in [0, 0.1) is 6.92 Å². The standard InChI is InChI=1S/C63H51BN2O2/c1-38-32-55-61-56(33-38)66(46-26-18-40(19-27-46)42-21-29-50-48-13-9-11-15-58(48)68-60(50)35-42)54-31-23-44(63(5,6)7)37-52(54)64(61)51-36-43(62(2,3)4)22-30-53(51)65(55)45-24-16-39(17-25-45)41-20-28-49-47-12-8-10-14-57(47)67-59(49)34-41/h8-37H,1-7H3. The van der Waals surface area contributed by atoms with Gasteiger partial charge >= 0.3 is 0 Å². The van der Waals surface area contributed by atoms with Crippen molar-refractivity contribution in [3.63, 3.8) is 0 Å². The SMILES string of the molecule is Cc1cc2c3c(c1)N(c1ccc(-c4ccc5c(c4)oc4ccccc45)cc1)c1ccc(C(C)(C)C)cc1B3c1cc(C(C)(C)C)ccc1N2c1ccc(-c2ccc3c(c2)oc2ccccc23)cc1. The number of fused-ring (bicyclic) bond motifs is 10. The molecule has 68 heavy (non-hydrogen) atoms. The van der Waals surface area contributed by atoms with Gasteiger partial charge in [-0.05, 0) is 158 Å². The van der Waals surface area contributed by atoms with E-state index in [1.165, 1.54) is 55.8 Å². The van der Waals surface area contributed by atoms with E-state index in [4.69, 9.17) is 8.83 Å². The molecule has 0 unspecified atom stereocenters. The van der Waals surface area contributed by atoms with Crippen molar-refractivity contribution in [3.8, 4) is 22.3 Å². The second-order valence-electron chi connectivity index (χ2n) is 21.1. The van der Waals surface area contributed by atoms with Crippen LogP contribution in [0.5, 0.6) is 0 Å². The summed E-state index contributed by atoms with van der Waals surface area (Å²) in [6, 6.07) is 67.3. The van der Waals surface area contributed by atoms with Crippen LogP contribution in [-0.4, -0.2) is 6.71 Å². The van der Waals surface area contributed by atoms with Gasteiger partial charge in [-0.1, -0.05) is 139 Å². The molecule has 2 aromatic heterocycles. The van der Waals surface area contributed by atoms with Gasteiger partial charge in [0.2, 0.25) is 0 Å². The molecule has 4 heterocycles. The molecular weight excluding hydrogens is 828 g/mol. The maximum absolute atomic E-state index is 6.32. The number of benzene rings is 9. The van der Waals surface area contributed by atoms with Crippen molar-refractivity contribution in [2.75, 3.05) is 9.80 Å². The second-order valence-corrected chi connectivity index (χ2v) is 21.1. The zero-order valence-corrected chi connectivity index (χ0v) is 39.6. The Kier molecular flexibility index (Phi) is 8.71. The van der Waals surface area contributed by atoms with Crippen molar-refractivity contribution >= 4 is 101 Å². The fourth-order valence-corrected chi connectivity index (χ4v) is 11.0. The largest absolute Gasteiger partial charge is 0.456 e. The zero-order valence-electron chi connectivity index (χ0n) is 39.6. The maximum Gasteiger partial charge on any atom is 0.252 e. The Morgan fingerprint density at radius 1 is 0.368 bits per heavy atom. The van der Waals surface area contributed by atoms with Crippen molar-refractivity contribution in [1.29, 1.82) is 0 Å². The number of nitrogens with zero attached hydrogens (tertiary/aromatic N) is 2. The molecule has 0 saturated carbocycles. The van der Waals surface area contributed by atoms with Gasteiger partial charge in [-0.2, -0.15) is 0 Å². The highest BCUT2D eigenvalue weighted by atomic mass is 16.3. The van der Waals surface area contributed by atoms with E-state index in [9.17, 15) is 0 Å². The second kappa shape index (κ2) is 14.6. The predicted molar refractivity (Wildman–Crippen MR) is 288 cm³/mol. The number of furan rings is 2. The molecule has 328 valence electrons. The lowest BCUT2D eigenvalue weighted by molar-refractivity contribution is 0.590. The van der Waals surface area contributed by atoms with Crippen molar-refractivity contribution in [2.45, 2.75) is 59.3 Å². The number of aryl methyl sites for hydroxylation is 1. The summed E-state index contributed by atoms with van der Waals surface area (Å²) >= 11 is 0. The number of rotatable bonds is 4. The minimum absolute atomic E-state index is 0.0207. The van der Waals surface area contributed by atoms with Gasteiger partial charge in [-0.3, -0.25) is 0 Å². The van der Waals surface area contributed by atoms with Gasteiger partial charge in [0.25, 0.3) is 6.71 Å². The molecule has 0 amide bonds. The summed E-state index contributed by atoms with van der Waals surface area (Å²) in [5, 5.41) is 4.57. The summed E-state index contributed by atoms with van der Waals surface area (Å²) in [5.74, 6) is 0. The van der Waals surface area contributed by atoms with E-state index in [1.54, 1.807) is 0 Å². The van der Waals surface area contributed by atoms with Crippen LogP contribution < -0.4 is 26.2 Å². The van der Waals surface area contributed by atoms with E-state index in [0.29, 0.717) is 0 Å². The Morgan fingerprint density at radius 2 is 0.765 bits per heavy atom. The Hall–Kier alpha value is -7.76. The Labute approximate surface area is 398 Å². The lowest BCUT2D eigenvalue weighted by atomic mass is 9.33. The van der Waals surface area contributed by atoms with E-state index in [1.807, 2.05) is 24.3 Å². The molecule has 2 aliphatic heterocycles. The van der Waals surface area contributed by atoms with Gasteiger partial charge < -0.3 is 18.6 Å². The van der Waals surface area contributed by atoms with Crippen LogP contribution in [0.2, 0.25) is 0 Å². The van der Waals surface area contributed by atoms with Gasteiger partial charge in [0, 0.05) is 55.7 Å². The number of para-hydroxylation sites is 2. The predicted octanol–water partition coefficient (Wildman–Crippen LogP) is 15.8. The normalized spacial score (nSPS) is 13.4. The van der Waals surface area contributed by atoms with E-state index < -0.39 is 0 Å². The lowest BCUT2D eigenvalue weighted by Crippen LogP contribution is -2.61.